The molecule has 1 aliphatic heterocycles. The normalized spacial score (nSPS) is 18.1. The van der Waals surface area contributed by atoms with Gasteiger partial charge < -0.3 is 5.32 Å². The van der Waals surface area contributed by atoms with Crippen molar-refractivity contribution in [1.82, 2.24) is 10.2 Å². The van der Waals surface area contributed by atoms with Crippen molar-refractivity contribution >= 4 is 22.9 Å². The van der Waals surface area contributed by atoms with Crippen molar-refractivity contribution in [1.29, 1.82) is 0 Å². The van der Waals surface area contributed by atoms with Gasteiger partial charge in [0.1, 0.15) is 5.82 Å². The van der Waals surface area contributed by atoms with E-state index in [4.69, 9.17) is 11.6 Å². The first-order chi connectivity index (χ1) is 9.75. The third-order valence-electron chi connectivity index (χ3n) is 3.59. The van der Waals surface area contributed by atoms with Crippen molar-refractivity contribution in [2.45, 2.75) is 6.04 Å². The summed E-state index contributed by atoms with van der Waals surface area (Å²) in [6.07, 6.45) is 0. The van der Waals surface area contributed by atoms with E-state index in [0.717, 1.165) is 26.2 Å². The first-order valence-electron chi connectivity index (χ1n) is 6.69. The minimum atomic E-state index is -0.227. The van der Waals surface area contributed by atoms with E-state index < -0.39 is 0 Å². The van der Waals surface area contributed by atoms with Crippen LogP contribution in [0.4, 0.5) is 4.39 Å². The number of hydrogen-bond donors (Lipinski definition) is 1. The second-order valence-electron chi connectivity index (χ2n) is 4.87. The lowest BCUT2D eigenvalue weighted by molar-refractivity contribution is 0.197. The van der Waals surface area contributed by atoms with Crippen LogP contribution < -0.4 is 5.32 Å². The Balaban J connectivity index is 2.00. The Morgan fingerprint density at radius 2 is 2.05 bits per heavy atom. The van der Waals surface area contributed by atoms with E-state index in [-0.39, 0.29) is 11.9 Å². The maximum absolute atomic E-state index is 14.3. The van der Waals surface area contributed by atoms with Crippen molar-refractivity contribution in [3.8, 4) is 0 Å². The van der Waals surface area contributed by atoms with Gasteiger partial charge in [-0.3, -0.25) is 4.90 Å². The number of halogens is 2. The monoisotopic (exact) mass is 310 g/mol. The molecule has 0 bridgehead atoms. The smallest absolute Gasteiger partial charge is 0.129 e. The number of thiophene rings is 1. The third kappa shape index (κ3) is 2.88. The van der Waals surface area contributed by atoms with Gasteiger partial charge in [0.15, 0.2) is 0 Å². The van der Waals surface area contributed by atoms with Crippen molar-refractivity contribution in [3.63, 3.8) is 0 Å². The molecule has 1 aliphatic rings. The van der Waals surface area contributed by atoms with Crippen LogP contribution >= 0.6 is 22.9 Å². The predicted molar refractivity (Wildman–Crippen MR) is 82.0 cm³/mol. The van der Waals surface area contributed by atoms with Crippen LogP contribution in [0.3, 0.4) is 0 Å². The molecule has 1 atom stereocenters. The van der Waals surface area contributed by atoms with Crippen LogP contribution in [0.15, 0.2) is 35.7 Å². The van der Waals surface area contributed by atoms with Gasteiger partial charge in [-0.15, -0.1) is 11.3 Å². The van der Waals surface area contributed by atoms with Gasteiger partial charge in [-0.2, -0.15) is 0 Å². The van der Waals surface area contributed by atoms with Crippen LogP contribution in [-0.4, -0.2) is 31.1 Å². The summed E-state index contributed by atoms with van der Waals surface area (Å²) < 4.78 is 14.3. The van der Waals surface area contributed by atoms with E-state index in [9.17, 15) is 4.39 Å². The standard InChI is InChI=1S/C15H16ClFN2S/c16-11-3-4-12(13(17)10-11)15(14-2-1-9-20-14)19-7-5-18-6-8-19/h1-4,9-10,15,18H,5-8H2/t15-/m0/s1. The Morgan fingerprint density at radius 3 is 2.70 bits per heavy atom. The van der Waals surface area contributed by atoms with E-state index in [0.29, 0.717) is 10.6 Å². The molecule has 106 valence electrons. The fourth-order valence-electron chi connectivity index (χ4n) is 2.64. The Kier molecular flexibility index (Phi) is 4.36. The molecule has 0 aliphatic carbocycles. The number of piperazine rings is 1. The predicted octanol–water partition coefficient (Wildman–Crippen LogP) is 3.54. The zero-order valence-electron chi connectivity index (χ0n) is 11.0. The van der Waals surface area contributed by atoms with Crippen LogP contribution in [0.2, 0.25) is 5.02 Å². The Hall–Kier alpha value is -0.940. The van der Waals surface area contributed by atoms with Crippen LogP contribution in [-0.2, 0) is 0 Å². The first kappa shape index (κ1) is 14.0. The molecule has 1 fully saturated rings. The summed E-state index contributed by atoms with van der Waals surface area (Å²) in [5.74, 6) is -0.227. The van der Waals surface area contributed by atoms with Crippen LogP contribution in [0.5, 0.6) is 0 Å². The zero-order valence-corrected chi connectivity index (χ0v) is 12.6. The van der Waals surface area contributed by atoms with Crippen LogP contribution in [0, 0.1) is 5.82 Å². The van der Waals surface area contributed by atoms with Gasteiger partial charge in [-0.1, -0.05) is 23.7 Å². The highest BCUT2D eigenvalue weighted by molar-refractivity contribution is 7.10. The van der Waals surface area contributed by atoms with Crippen LogP contribution in [0.25, 0.3) is 0 Å². The van der Waals surface area contributed by atoms with Gasteiger partial charge >= 0.3 is 0 Å². The van der Waals surface area contributed by atoms with Crippen molar-refractivity contribution in [3.05, 3.63) is 57.0 Å². The molecule has 3 rings (SSSR count). The topological polar surface area (TPSA) is 15.3 Å². The highest BCUT2D eigenvalue weighted by Crippen LogP contribution is 2.34. The van der Waals surface area contributed by atoms with Crippen molar-refractivity contribution < 1.29 is 4.39 Å². The number of rotatable bonds is 3. The minimum absolute atomic E-state index is 0.0191. The van der Waals surface area contributed by atoms with E-state index in [1.165, 1.54) is 10.9 Å². The summed E-state index contributed by atoms with van der Waals surface area (Å²) in [4.78, 5) is 3.50. The summed E-state index contributed by atoms with van der Waals surface area (Å²) in [6, 6.07) is 9.05. The lowest BCUT2D eigenvalue weighted by Gasteiger charge is -2.34. The second kappa shape index (κ2) is 6.22. The third-order valence-corrected chi connectivity index (χ3v) is 4.75. The number of benzene rings is 1. The summed E-state index contributed by atoms with van der Waals surface area (Å²) in [5.41, 5.74) is 0.707. The lowest BCUT2D eigenvalue weighted by atomic mass is 10.0. The van der Waals surface area contributed by atoms with Gasteiger partial charge in [-0.25, -0.2) is 4.39 Å². The quantitative estimate of drug-likeness (QED) is 0.933. The largest absolute Gasteiger partial charge is 0.314 e. The molecular weight excluding hydrogens is 295 g/mol. The highest BCUT2D eigenvalue weighted by atomic mass is 35.5. The Labute approximate surface area is 127 Å². The molecule has 2 nitrogen and oxygen atoms in total. The molecule has 1 saturated heterocycles. The Bertz CT molecular complexity index is 567. The Morgan fingerprint density at radius 1 is 1.25 bits per heavy atom. The molecule has 20 heavy (non-hydrogen) atoms. The van der Waals surface area contributed by atoms with E-state index in [2.05, 4.69) is 16.3 Å². The fraction of sp³-hybridized carbons (Fsp3) is 0.333. The van der Waals surface area contributed by atoms with Gasteiger partial charge in [0.2, 0.25) is 0 Å². The molecule has 0 saturated carbocycles. The summed E-state index contributed by atoms with van der Waals surface area (Å²) >= 11 is 7.54. The maximum Gasteiger partial charge on any atom is 0.129 e. The molecular formula is C15H16ClFN2S. The molecule has 0 unspecified atom stereocenters. The molecule has 1 aromatic heterocycles. The van der Waals surface area contributed by atoms with Gasteiger partial charge in [0.05, 0.1) is 6.04 Å². The lowest BCUT2D eigenvalue weighted by Crippen LogP contribution is -2.45. The summed E-state index contributed by atoms with van der Waals surface area (Å²) in [5, 5.41) is 5.82. The molecule has 0 radical (unpaired) electrons. The molecule has 1 aromatic carbocycles. The molecule has 5 heteroatoms. The fourth-order valence-corrected chi connectivity index (χ4v) is 3.68. The molecule has 0 spiro atoms. The average Bonchev–Trinajstić information content (AvgIpc) is 2.97. The van der Waals surface area contributed by atoms with E-state index >= 15 is 0 Å². The highest BCUT2D eigenvalue weighted by Gasteiger charge is 2.26. The van der Waals surface area contributed by atoms with Crippen molar-refractivity contribution in [2.24, 2.45) is 0 Å². The second-order valence-corrected chi connectivity index (χ2v) is 6.29. The molecule has 2 aromatic rings. The molecule has 0 amide bonds. The van der Waals surface area contributed by atoms with E-state index in [1.807, 2.05) is 17.5 Å². The van der Waals surface area contributed by atoms with Gasteiger partial charge in [0, 0.05) is 41.6 Å². The van der Waals surface area contributed by atoms with Crippen LogP contribution in [0.1, 0.15) is 16.5 Å². The summed E-state index contributed by atoms with van der Waals surface area (Å²) in [6.45, 7) is 3.73. The van der Waals surface area contributed by atoms with E-state index in [1.54, 1.807) is 17.4 Å². The number of nitrogens with one attached hydrogen (secondary N) is 1. The number of nitrogens with zero attached hydrogens (tertiary/aromatic N) is 1. The average molecular weight is 311 g/mol. The first-order valence-corrected chi connectivity index (χ1v) is 7.94. The maximum atomic E-state index is 14.3. The number of hydrogen-bond acceptors (Lipinski definition) is 3. The molecule has 1 N–H and O–H groups in total. The SMILES string of the molecule is Fc1cc(Cl)ccc1[C@@H](c1cccs1)N1CCNCC1. The van der Waals surface area contributed by atoms with Crippen molar-refractivity contribution in [2.75, 3.05) is 26.2 Å². The summed E-state index contributed by atoms with van der Waals surface area (Å²) in [7, 11) is 0. The zero-order chi connectivity index (χ0) is 13.9. The van der Waals surface area contributed by atoms with Gasteiger partial charge in [0.25, 0.3) is 0 Å². The minimum Gasteiger partial charge on any atom is -0.314 e. The van der Waals surface area contributed by atoms with Gasteiger partial charge in [-0.05, 0) is 23.6 Å². The molecule has 2 heterocycles.